The molecule has 0 saturated carbocycles. The summed E-state index contributed by atoms with van der Waals surface area (Å²) in [5, 5.41) is 12.0. The molecule has 0 aromatic carbocycles. The van der Waals surface area contributed by atoms with Crippen LogP contribution in [0.2, 0.25) is 0 Å². The quantitative estimate of drug-likeness (QED) is 0.632. The van der Waals surface area contributed by atoms with Crippen LogP contribution in [0.5, 0.6) is 0 Å². The Labute approximate surface area is 90.4 Å². The summed E-state index contributed by atoms with van der Waals surface area (Å²) in [4.78, 5) is 13.4. The summed E-state index contributed by atoms with van der Waals surface area (Å²) in [6, 6.07) is 0. The number of aliphatic hydroxyl groups is 1. The van der Waals surface area contributed by atoms with Crippen molar-refractivity contribution in [1.29, 1.82) is 0 Å². The molecule has 1 saturated heterocycles. The zero-order chi connectivity index (χ0) is 11.1. The lowest BCUT2D eigenvalue weighted by Gasteiger charge is -2.26. The normalized spacial score (nSPS) is 21.3. The highest BCUT2D eigenvalue weighted by Gasteiger charge is 2.20. The van der Waals surface area contributed by atoms with Crippen molar-refractivity contribution >= 4 is 5.91 Å². The molecule has 1 aliphatic heterocycles. The van der Waals surface area contributed by atoms with E-state index in [9.17, 15) is 4.79 Å². The first-order valence-electron chi connectivity index (χ1n) is 5.49. The van der Waals surface area contributed by atoms with Crippen molar-refractivity contribution in [2.45, 2.75) is 19.4 Å². The number of amides is 1. The van der Waals surface area contributed by atoms with Crippen LogP contribution in [0.3, 0.4) is 0 Å². The molecular formula is C10H20N2O3. The monoisotopic (exact) mass is 216 g/mol. The molecule has 0 aromatic heterocycles. The largest absolute Gasteiger partial charge is 0.395 e. The first-order valence-corrected chi connectivity index (χ1v) is 5.49. The number of aliphatic hydroxyl groups excluding tert-OH is 1. The van der Waals surface area contributed by atoms with Gasteiger partial charge in [-0.3, -0.25) is 4.79 Å². The van der Waals surface area contributed by atoms with E-state index in [1.807, 2.05) is 6.92 Å². The van der Waals surface area contributed by atoms with Crippen LogP contribution >= 0.6 is 0 Å². The molecule has 88 valence electrons. The molecule has 1 atom stereocenters. The van der Waals surface area contributed by atoms with Gasteiger partial charge in [0.25, 0.3) is 0 Å². The summed E-state index contributed by atoms with van der Waals surface area (Å²) >= 11 is 0. The molecule has 1 fully saturated rings. The van der Waals surface area contributed by atoms with E-state index < -0.39 is 0 Å². The molecule has 15 heavy (non-hydrogen) atoms. The maximum atomic E-state index is 11.7. The molecule has 1 amide bonds. The SMILES string of the molecule is CCN(CCO)C(=O)CC1CNCCO1. The van der Waals surface area contributed by atoms with Gasteiger partial charge < -0.3 is 20.1 Å². The van der Waals surface area contributed by atoms with Gasteiger partial charge in [0, 0.05) is 26.2 Å². The molecule has 0 bridgehead atoms. The van der Waals surface area contributed by atoms with Gasteiger partial charge in [-0.1, -0.05) is 0 Å². The van der Waals surface area contributed by atoms with Crippen molar-refractivity contribution in [3.63, 3.8) is 0 Å². The van der Waals surface area contributed by atoms with Gasteiger partial charge in [-0.15, -0.1) is 0 Å². The zero-order valence-electron chi connectivity index (χ0n) is 9.24. The maximum Gasteiger partial charge on any atom is 0.225 e. The van der Waals surface area contributed by atoms with E-state index >= 15 is 0 Å². The molecule has 5 heteroatoms. The summed E-state index contributed by atoms with van der Waals surface area (Å²) in [7, 11) is 0. The highest BCUT2D eigenvalue weighted by molar-refractivity contribution is 5.76. The molecule has 0 radical (unpaired) electrons. The average Bonchev–Trinajstić information content (AvgIpc) is 2.27. The van der Waals surface area contributed by atoms with Crippen LogP contribution in [-0.2, 0) is 9.53 Å². The summed E-state index contributed by atoms with van der Waals surface area (Å²) < 4.78 is 5.45. The van der Waals surface area contributed by atoms with Crippen LogP contribution in [0.15, 0.2) is 0 Å². The lowest BCUT2D eigenvalue weighted by molar-refractivity contribution is -0.135. The van der Waals surface area contributed by atoms with Crippen molar-refractivity contribution in [3.05, 3.63) is 0 Å². The fourth-order valence-electron chi connectivity index (χ4n) is 1.65. The van der Waals surface area contributed by atoms with Crippen LogP contribution < -0.4 is 5.32 Å². The minimum atomic E-state index is -0.0148. The number of hydrogen-bond acceptors (Lipinski definition) is 4. The Hall–Kier alpha value is -0.650. The first kappa shape index (κ1) is 12.4. The molecule has 0 aliphatic carbocycles. The van der Waals surface area contributed by atoms with Gasteiger partial charge in [-0.05, 0) is 6.92 Å². The Morgan fingerprint density at radius 2 is 2.47 bits per heavy atom. The van der Waals surface area contributed by atoms with Crippen molar-refractivity contribution in [1.82, 2.24) is 10.2 Å². The van der Waals surface area contributed by atoms with E-state index in [2.05, 4.69) is 5.32 Å². The number of ether oxygens (including phenoxy) is 1. The van der Waals surface area contributed by atoms with Crippen LogP contribution in [0.4, 0.5) is 0 Å². The van der Waals surface area contributed by atoms with Gasteiger partial charge in [0.05, 0.1) is 25.7 Å². The Morgan fingerprint density at radius 3 is 3.00 bits per heavy atom. The molecule has 1 rings (SSSR count). The van der Waals surface area contributed by atoms with Crippen molar-refractivity contribution in [3.8, 4) is 0 Å². The number of hydrogen-bond donors (Lipinski definition) is 2. The molecule has 2 N–H and O–H groups in total. The fraction of sp³-hybridized carbons (Fsp3) is 0.900. The van der Waals surface area contributed by atoms with E-state index in [0.717, 1.165) is 13.1 Å². The second-order valence-electron chi connectivity index (χ2n) is 3.60. The van der Waals surface area contributed by atoms with E-state index in [-0.39, 0.29) is 18.6 Å². The minimum absolute atomic E-state index is 0.0148. The molecule has 0 spiro atoms. The molecule has 0 aromatic rings. The average molecular weight is 216 g/mol. The Balaban J connectivity index is 2.31. The highest BCUT2D eigenvalue weighted by Crippen LogP contribution is 2.04. The number of carbonyl (C=O) groups excluding carboxylic acids is 1. The number of rotatable bonds is 5. The van der Waals surface area contributed by atoms with Gasteiger partial charge in [0.2, 0.25) is 5.91 Å². The third-order valence-corrected chi connectivity index (χ3v) is 2.51. The Bertz CT molecular complexity index is 193. The van der Waals surface area contributed by atoms with Crippen LogP contribution in [0, 0.1) is 0 Å². The summed E-state index contributed by atoms with van der Waals surface area (Å²) in [5.74, 6) is 0.0558. The lowest BCUT2D eigenvalue weighted by Crippen LogP contribution is -2.43. The highest BCUT2D eigenvalue weighted by atomic mass is 16.5. The topological polar surface area (TPSA) is 61.8 Å². The fourth-order valence-corrected chi connectivity index (χ4v) is 1.65. The molecule has 1 unspecified atom stereocenters. The van der Waals surface area contributed by atoms with Gasteiger partial charge in [-0.2, -0.15) is 0 Å². The maximum absolute atomic E-state index is 11.7. The second-order valence-corrected chi connectivity index (χ2v) is 3.60. The van der Waals surface area contributed by atoms with Gasteiger partial charge in [0.1, 0.15) is 0 Å². The van der Waals surface area contributed by atoms with Crippen molar-refractivity contribution < 1.29 is 14.6 Å². The number of nitrogens with one attached hydrogen (secondary N) is 1. The second kappa shape index (κ2) is 6.76. The van der Waals surface area contributed by atoms with E-state index in [1.165, 1.54) is 0 Å². The predicted molar refractivity (Wildman–Crippen MR) is 56.6 cm³/mol. The van der Waals surface area contributed by atoms with Crippen molar-refractivity contribution in [2.75, 3.05) is 39.4 Å². The molecular weight excluding hydrogens is 196 g/mol. The van der Waals surface area contributed by atoms with E-state index in [1.54, 1.807) is 4.90 Å². The molecule has 5 nitrogen and oxygen atoms in total. The minimum Gasteiger partial charge on any atom is -0.395 e. The Kier molecular flexibility index (Phi) is 5.60. The number of carbonyl (C=O) groups is 1. The first-order chi connectivity index (χ1) is 7.27. The smallest absolute Gasteiger partial charge is 0.225 e. The Morgan fingerprint density at radius 1 is 1.67 bits per heavy atom. The lowest BCUT2D eigenvalue weighted by atomic mass is 10.2. The van der Waals surface area contributed by atoms with Crippen LogP contribution in [0.1, 0.15) is 13.3 Å². The zero-order valence-corrected chi connectivity index (χ0v) is 9.24. The predicted octanol–water partition coefficient (Wildman–Crippen LogP) is -0.794. The van der Waals surface area contributed by atoms with E-state index in [4.69, 9.17) is 9.84 Å². The van der Waals surface area contributed by atoms with Gasteiger partial charge in [0.15, 0.2) is 0 Å². The third-order valence-electron chi connectivity index (χ3n) is 2.51. The summed E-state index contributed by atoms with van der Waals surface area (Å²) in [6.45, 7) is 5.25. The van der Waals surface area contributed by atoms with Crippen LogP contribution in [-0.4, -0.2) is 61.4 Å². The van der Waals surface area contributed by atoms with Gasteiger partial charge >= 0.3 is 0 Å². The molecule has 1 aliphatic rings. The number of nitrogens with zero attached hydrogens (tertiary/aromatic N) is 1. The number of morpholine rings is 1. The molecule has 1 heterocycles. The van der Waals surface area contributed by atoms with E-state index in [0.29, 0.717) is 26.1 Å². The van der Waals surface area contributed by atoms with Crippen molar-refractivity contribution in [2.24, 2.45) is 0 Å². The standard InChI is InChI=1S/C10H20N2O3/c1-2-12(4-5-13)10(14)7-9-8-11-3-6-15-9/h9,11,13H,2-8H2,1H3. The summed E-state index contributed by atoms with van der Waals surface area (Å²) in [6.07, 6.45) is 0.389. The van der Waals surface area contributed by atoms with Gasteiger partial charge in [-0.25, -0.2) is 0 Å². The summed E-state index contributed by atoms with van der Waals surface area (Å²) in [5.41, 5.74) is 0. The van der Waals surface area contributed by atoms with Crippen LogP contribution in [0.25, 0.3) is 0 Å². The number of likely N-dealkylation sites (N-methyl/N-ethyl adjacent to an activating group) is 1. The third kappa shape index (κ3) is 4.15.